The van der Waals surface area contributed by atoms with Crippen LogP contribution in [0.2, 0.25) is 0 Å². The van der Waals surface area contributed by atoms with E-state index in [0.717, 1.165) is 19.2 Å². The van der Waals surface area contributed by atoms with Crippen molar-refractivity contribution in [2.75, 3.05) is 7.11 Å². The van der Waals surface area contributed by atoms with Crippen molar-refractivity contribution in [2.45, 2.75) is 18.1 Å². The highest BCUT2D eigenvalue weighted by molar-refractivity contribution is 5.85. The molecule has 0 aliphatic rings. The van der Waals surface area contributed by atoms with E-state index in [0.29, 0.717) is 0 Å². The van der Waals surface area contributed by atoms with Gasteiger partial charge in [-0.15, -0.1) is 12.4 Å². The van der Waals surface area contributed by atoms with Crippen molar-refractivity contribution in [3.8, 4) is 11.5 Å². The molecule has 1 aromatic rings. The van der Waals surface area contributed by atoms with Gasteiger partial charge in [0, 0.05) is 5.56 Å². The predicted molar refractivity (Wildman–Crippen MR) is 59.8 cm³/mol. The first-order valence-electron chi connectivity index (χ1n) is 4.69. The number of hydrogen-bond donors (Lipinski definition) is 2. The highest BCUT2D eigenvalue weighted by Crippen LogP contribution is 2.46. The summed E-state index contributed by atoms with van der Waals surface area (Å²) in [7, 11) is 1.13. The maximum absolute atomic E-state index is 13.0. The number of para-hydroxylation sites is 1. The Morgan fingerprint density at radius 1 is 1.21 bits per heavy atom. The van der Waals surface area contributed by atoms with Crippen molar-refractivity contribution in [1.29, 1.82) is 0 Å². The van der Waals surface area contributed by atoms with Gasteiger partial charge in [0.25, 0.3) is 0 Å². The monoisotopic (exact) mass is 307 g/mol. The summed E-state index contributed by atoms with van der Waals surface area (Å²) >= 11 is 0. The SMILES string of the molecule is COc1cccc([C@@H](N)C(F)(F)C(F)(F)F)c1O.Cl. The molecule has 0 saturated carbocycles. The molecular weight excluding hydrogens is 297 g/mol. The first-order chi connectivity index (χ1) is 8.13. The number of hydrogen-bond acceptors (Lipinski definition) is 3. The highest BCUT2D eigenvalue weighted by Gasteiger charge is 2.62. The predicted octanol–water partition coefficient (Wildman–Crippen LogP) is 3.02. The van der Waals surface area contributed by atoms with Crippen LogP contribution in [0.25, 0.3) is 0 Å². The molecular formula is C10H11ClF5NO2. The van der Waals surface area contributed by atoms with Crippen LogP contribution < -0.4 is 10.5 Å². The van der Waals surface area contributed by atoms with Gasteiger partial charge in [0.1, 0.15) is 6.04 Å². The summed E-state index contributed by atoms with van der Waals surface area (Å²) in [6.07, 6.45) is -5.80. The maximum Gasteiger partial charge on any atom is 0.455 e. The number of alkyl halides is 5. The maximum atomic E-state index is 13.0. The number of rotatable bonds is 3. The molecule has 0 saturated heterocycles. The molecule has 19 heavy (non-hydrogen) atoms. The van der Waals surface area contributed by atoms with Crippen molar-refractivity contribution in [3.05, 3.63) is 23.8 Å². The van der Waals surface area contributed by atoms with E-state index in [9.17, 15) is 27.1 Å². The Hall–Kier alpha value is -1.28. The second-order valence-electron chi connectivity index (χ2n) is 3.50. The first-order valence-corrected chi connectivity index (χ1v) is 4.69. The Balaban J connectivity index is 0.00000324. The van der Waals surface area contributed by atoms with Crippen LogP contribution in [0.15, 0.2) is 18.2 Å². The van der Waals surface area contributed by atoms with Crippen LogP contribution in [-0.4, -0.2) is 24.3 Å². The van der Waals surface area contributed by atoms with Crippen LogP contribution >= 0.6 is 12.4 Å². The third kappa shape index (κ3) is 3.19. The van der Waals surface area contributed by atoms with Crippen molar-refractivity contribution >= 4 is 12.4 Å². The first kappa shape index (κ1) is 17.7. The lowest BCUT2D eigenvalue weighted by Gasteiger charge is -2.26. The average molecular weight is 308 g/mol. The molecule has 0 heterocycles. The van der Waals surface area contributed by atoms with Gasteiger partial charge in [0.2, 0.25) is 0 Å². The summed E-state index contributed by atoms with van der Waals surface area (Å²) in [4.78, 5) is 0. The van der Waals surface area contributed by atoms with Crippen LogP contribution in [0.5, 0.6) is 11.5 Å². The van der Waals surface area contributed by atoms with Crippen LogP contribution in [0.4, 0.5) is 22.0 Å². The minimum atomic E-state index is -5.80. The molecule has 0 aromatic heterocycles. The molecule has 0 aliphatic carbocycles. The largest absolute Gasteiger partial charge is 0.504 e. The average Bonchev–Trinajstić information content (AvgIpc) is 2.27. The summed E-state index contributed by atoms with van der Waals surface area (Å²) in [6.45, 7) is 0. The zero-order chi connectivity index (χ0) is 14.1. The zero-order valence-electron chi connectivity index (χ0n) is 9.54. The van der Waals surface area contributed by atoms with Crippen molar-refractivity contribution in [3.63, 3.8) is 0 Å². The van der Waals surface area contributed by atoms with E-state index in [2.05, 4.69) is 4.74 Å². The summed E-state index contributed by atoms with van der Waals surface area (Å²) in [6, 6.07) is 0.521. The summed E-state index contributed by atoms with van der Waals surface area (Å²) in [5.41, 5.74) is 4.16. The number of benzene rings is 1. The van der Waals surface area contributed by atoms with Crippen molar-refractivity contribution in [2.24, 2.45) is 5.73 Å². The molecule has 0 bridgehead atoms. The van der Waals surface area contributed by atoms with Gasteiger partial charge in [-0.3, -0.25) is 0 Å². The number of nitrogens with two attached hydrogens (primary N) is 1. The molecule has 0 aliphatic heterocycles. The Morgan fingerprint density at radius 3 is 2.16 bits per heavy atom. The molecule has 110 valence electrons. The van der Waals surface area contributed by atoms with Gasteiger partial charge in [0.15, 0.2) is 11.5 Å². The number of halogens is 6. The summed E-state index contributed by atoms with van der Waals surface area (Å²) in [5.74, 6) is -6.23. The van der Waals surface area contributed by atoms with Crippen molar-refractivity contribution < 1.29 is 31.8 Å². The third-order valence-electron chi connectivity index (χ3n) is 2.35. The molecule has 0 unspecified atom stereocenters. The molecule has 0 amide bonds. The van der Waals surface area contributed by atoms with Gasteiger partial charge >= 0.3 is 12.1 Å². The van der Waals surface area contributed by atoms with Gasteiger partial charge in [-0.1, -0.05) is 12.1 Å². The Kier molecular flexibility index (Phi) is 5.40. The van der Waals surface area contributed by atoms with Crippen LogP contribution in [0.3, 0.4) is 0 Å². The number of phenolic OH excluding ortho intramolecular Hbond substituents is 1. The Bertz CT molecular complexity index is 438. The van der Waals surface area contributed by atoms with E-state index >= 15 is 0 Å². The molecule has 3 nitrogen and oxygen atoms in total. The van der Waals surface area contributed by atoms with E-state index < -0.39 is 29.5 Å². The van der Waals surface area contributed by atoms with E-state index in [1.165, 1.54) is 6.07 Å². The molecule has 0 fully saturated rings. The van der Waals surface area contributed by atoms with Gasteiger partial charge in [-0.25, -0.2) is 0 Å². The quantitative estimate of drug-likeness (QED) is 0.844. The van der Waals surface area contributed by atoms with Gasteiger partial charge in [0.05, 0.1) is 7.11 Å². The molecule has 0 radical (unpaired) electrons. The minimum absolute atomic E-state index is 0. The molecule has 1 rings (SSSR count). The van der Waals surface area contributed by atoms with Crippen molar-refractivity contribution in [1.82, 2.24) is 0 Å². The molecule has 1 aromatic carbocycles. The zero-order valence-corrected chi connectivity index (χ0v) is 10.4. The topological polar surface area (TPSA) is 55.5 Å². The standard InChI is InChI=1S/C10H10F5NO2.ClH/c1-18-6-4-2-3-5(7(6)17)8(16)9(11,12)10(13,14)15;/h2-4,8,17H,16H2,1H3;1H/t8-;/m1./s1. The fourth-order valence-corrected chi connectivity index (χ4v) is 1.33. The number of methoxy groups -OCH3 is 1. The summed E-state index contributed by atoms with van der Waals surface area (Å²) < 4.78 is 67.1. The van der Waals surface area contributed by atoms with Gasteiger partial charge < -0.3 is 15.6 Å². The number of aromatic hydroxyl groups is 1. The second kappa shape index (κ2) is 5.79. The fraction of sp³-hybridized carbons (Fsp3) is 0.400. The number of ether oxygens (including phenoxy) is 1. The lowest BCUT2D eigenvalue weighted by Crippen LogP contribution is -2.45. The van der Waals surface area contributed by atoms with Gasteiger partial charge in [-0.2, -0.15) is 22.0 Å². The van der Waals surface area contributed by atoms with Crippen LogP contribution in [-0.2, 0) is 0 Å². The lowest BCUT2D eigenvalue weighted by atomic mass is 9.99. The Morgan fingerprint density at radius 2 is 1.74 bits per heavy atom. The second-order valence-corrected chi connectivity index (χ2v) is 3.50. The van der Waals surface area contributed by atoms with E-state index in [1.807, 2.05) is 0 Å². The van der Waals surface area contributed by atoms with Crippen LogP contribution in [0.1, 0.15) is 11.6 Å². The molecule has 3 N–H and O–H groups in total. The normalized spacial score (nSPS) is 13.6. The smallest absolute Gasteiger partial charge is 0.455 e. The van der Waals surface area contributed by atoms with Gasteiger partial charge in [-0.05, 0) is 6.07 Å². The molecule has 9 heteroatoms. The van der Waals surface area contributed by atoms with E-state index in [1.54, 1.807) is 0 Å². The highest BCUT2D eigenvalue weighted by atomic mass is 35.5. The minimum Gasteiger partial charge on any atom is -0.504 e. The molecule has 1 atom stereocenters. The number of phenols is 1. The summed E-state index contributed by atoms with van der Waals surface area (Å²) in [5, 5.41) is 9.48. The van der Waals surface area contributed by atoms with Crippen LogP contribution in [0, 0.1) is 0 Å². The molecule has 0 spiro atoms. The fourth-order valence-electron chi connectivity index (χ4n) is 1.33. The Labute approximate surface area is 111 Å². The van der Waals surface area contributed by atoms with E-state index in [4.69, 9.17) is 5.73 Å². The lowest BCUT2D eigenvalue weighted by molar-refractivity contribution is -0.291. The third-order valence-corrected chi connectivity index (χ3v) is 2.35. The van der Waals surface area contributed by atoms with E-state index in [-0.39, 0.29) is 18.2 Å².